The number of hydrogen-bond donors (Lipinski definition) is 1. The van der Waals surface area contributed by atoms with Crippen LogP contribution in [0.15, 0.2) is 54.6 Å². The molecule has 2 nitrogen and oxygen atoms in total. The Kier molecular flexibility index (Phi) is 5.62. The Labute approximate surface area is 134 Å². The van der Waals surface area contributed by atoms with E-state index in [1.165, 1.54) is 11.1 Å². The van der Waals surface area contributed by atoms with Gasteiger partial charge in [0.2, 0.25) is 0 Å². The Morgan fingerprint density at radius 1 is 0.955 bits per heavy atom. The fourth-order valence-electron chi connectivity index (χ4n) is 2.32. The van der Waals surface area contributed by atoms with Gasteiger partial charge in [-0.25, -0.2) is 0 Å². The van der Waals surface area contributed by atoms with Gasteiger partial charge in [-0.1, -0.05) is 63.2 Å². The third-order valence-corrected chi connectivity index (χ3v) is 3.66. The number of rotatable bonds is 6. The number of hydrogen-bond acceptors (Lipinski definition) is 2. The van der Waals surface area contributed by atoms with Crippen molar-refractivity contribution in [2.24, 2.45) is 0 Å². The Hall–Kier alpha value is -1.80. The minimum atomic E-state index is 0.143. The standard InChI is InChI=1S/C20H27NO/c1-16(14-21-15-17-8-6-5-7-9-17)22-19-12-10-18(11-13-19)20(2,3)4/h5-13,16,21H,14-15H2,1-4H3. The molecule has 0 heterocycles. The maximum Gasteiger partial charge on any atom is 0.119 e. The van der Waals surface area contributed by atoms with Gasteiger partial charge >= 0.3 is 0 Å². The molecule has 0 aliphatic carbocycles. The Balaban J connectivity index is 1.78. The molecule has 0 radical (unpaired) electrons. The highest BCUT2D eigenvalue weighted by Crippen LogP contribution is 2.24. The molecule has 1 unspecified atom stereocenters. The first-order chi connectivity index (χ1) is 10.4. The lowest BCUT2D eigenvalue weighted by molar-refractivity contribution is 0.216. The highest BCUT2D eigenvalue weighted by molar-refractivity contribution is 5.31. The van der Waals surface area contributed by atoms with Crippen molar-refractivity contribution < 1.29 is 4.74 Å². The summed E-state index contributed by atoms with van der Waals surface area (Å²) < 4.78 is 5.96. The Bertz CT molecular complexity index is 555. The van der Waals surface area contributed by atoms with E-state index in [4.69, 9.17) is 4.74 Å². The van der Waals surface area contributed by atoms with Gasteiger partial charge in [0.05, 0.1) is 0 Å². The summed E-state index contributed by atoms with van der Waals surface area (Å²) in [6.45, 7) is 10.5. The van der Waals surface area contributed by atoms with E-state index in [-0.39, 0.29) is 11.5 Å². The highest BCUT2D eigenvalue weighted by Gasteiger charge is 2.13. The average molecular weight is 297 g/mol. The first-order valence-electron chi connectivity index (χ1n) is 7.97. The maximum atomic E-state index is 5.96. The quantitative estimate of drug-likeness (QED) is 0.845. The van der Waals surface area contributed by atoms with Crippen LogP contribution in [0.3, 0.4) is 0 Å². The Morgan fingerprint density at radius 3 is 2.18 bits per heavy atom. The van der Waals surface area contributed by atoms with Gasteiger partial charge in [-0.2, -0.15) is 0 Å². The van der Waals surface area contributed by atoms with E-state index in [1.807, 2.05) is 6.07 Å². The zero-order chi connectivity index (χ0) is 16.0. The SMILES string of the molecule is CC(CNCc1ccccc1)Oc1ccc(C(C)(C)C)cc1. The van der Waals surface area contributed by atoms with E-state index in [1.54, 1.807) is 0 Å². The predicted octanol–water partition coefficient (Wildman–Crippen LogP) is 4.54. The van der Waals surface area contributed by atoms with Crippen molar-refractivity contribution in [2.45, 2.75) is 45.8 Å². The van der Waals surface area contributed by atoms with Gasteiger partial charge in [-0.05, 0) is 35.6 Å². The molecule has 2 heteroatoms. The molecule has 118 valence electrons. The van der Waals surface area contributed by atoms with Gasteiger partial charge in [0.1, 0.15) is 11.9 Å². The van der Waals surface area contributed by atoms with Crippen LogP contribution in [0.1, 0.15) is 38.8 Å². The van der Waals surface area contributed by atoms with E-state index in [0.717, 1.165) is 18.8 Å². The van der Waals surface area contributed by atoms with Crippen LogP contribution < -0.4 is 10.1 Å². The lowest BCUT2D eigenvalue weighted by atomic mass is 9.87. The molecule has 0 spiro atoms. The zero-order valence-electron chi connectivity index (χ0n) is 14.1. The second kappa shape index (κ2) is 7.46. The first kappa shape index (κ1) is 16.6. The summed E-state index contributed by atoms with van der Waals surface area (Å²) in [6.07, 6.45) is 0.143. The van der Waals surface area contributed by atoms with Crippen molar-refractivity contribution in [3.63, 3.8) is 0 Å². The minimum Gasteiger partial charge on any atom is -0.489 e. The largest absolute Gasteiger partial charge is 0.489 e. The number of ether oxygens (including phenoxy) is 1. The van der Waals surface area contributed by atoms with E-state index in [0.29, 0.717) is 0 Å². The van der Waals surface area contributed by atoms with E-state index >= 15 is 0 Å². The molecule has 0 bridgehead atoms. The van der Waals surface area contributed by atoms with Crippen LogP contribution >= 0.6 is 0 Å². The van der Waals surface area contributed by atoms with E-state index < -0.39 is 0 Å². The molecule has 2 aromatic carbocycles. The molecule has 2 rings (SSSR count). The second-order valence-electron chi connectivity index (χ2n) is 6.82. The van der Waals surface area contributed by atoms with Crippen molar-refractivity contribution in [1.29, 1.82) is 0 Å². The molecular weight excluding hydrogens is 270 g/mol. The topological polar surface area (TPSA) is 21.3 Å². The predicted molar refractivity (Wildman–Crippen MR) is 93.4 cm³/mol. The molecule has 0 fully saturated rings. The summed E-state index contributed by atoms with van der Waals surface area (Å²) in [6, 6.07) is 18.9. The molecule has 1 atom stereocenters. The normalized spacial score (nSPS) is 12.9. The van der Waals surface area contributed by atoms with Gasteiger partial charge in [0, 0.05) is 13.1 Å². The summed E-state index contributed by atoms with van der Waals surface area (Å²) in [5, 5.41) is 3.43. The van der Waals surface area contributed by atoms with Crippen LogP contribution in [-0.2, 0) is 12.0 Å². The Morgan fingerprint density at radius 2 is 1.59 bits per heavy atom. The van der Waals surface area contributed by atoms with Crippen LogP contribution in [0.4, 0.5) is 0 Å². The lowest BCUT2D eigenvalue weighted by Gasteiger charge is -2.20. The number of nitrogens with one attached hydrogen (secondary N) is 1. The van der Waals surface area contributed by atoms with Crippen molar-refractivity contribution in [1.82, 2.24) is 5.32 Å². The van der Waals surface area contributed by atoms with Gasteiger partial charge in [0.15, 0.2) is 0 Å². The summed E-state index contributed by atoms with van der Waals surface area (Å²) in [5.41, 5.74) is 2.81. The zero-order valence-corrected chi connectivity index (χ0v) is 14.1. The molecular formula is C20H27NO. The van der Waals surface area contributed by atoms with Crippen molar-refractivity contribution in [3.05, 3.63) is 65.7 Å². The third kappa shape index (κ3) is 5.19. The van der Waals surface area contributed by atoms with Gasteiger partial charge in [0.25, 0.3) is 0 Å². The summed E-state index contributed by atoms with van der Waals surface area (Å²) in [5.74, 6) is 0.932. The van der Waals surface area contributed by atoms with E-state index in [2.05, 4.69) is 81.5 Å². The van der Waals surface area contributed by atoms with Crippen LogP contribution in [0.5, 0.6) is 5.75 Å². The van der Waals surface area contributed by atoms with Crippen molar-refractivity contribution in [2.75, 3.05) is 6.54 Å². The average Bonchev–Trinajstić information content (AvgIpc) is 2.48. The molecule has 2 aromatic rings. The van der Waals surface area contributed by atoms with Crippen LogP contribution in [0.2, 0.25) is 0 Å². The van der Waals surface area contributed by atoms with Crippen LogP contribution in [0, 0.1) is 0 Å². The van der Waals surface area contributed by atoms with Crippen molar-refractivity contribution >= 4 is 0 Å². The monoisotopic (exact) mass is 297 g/mol. The first-order valence-corrected chi connectivity index (χ1v) is 7.97. The fourth-order valence-corrected chi connectivity index (χ4v) is 2.32. The van der Waals surface area contributed by atoms with Crippen LogP contribution in [-0.4, -0.2) is 12.6 Å². The van der Waals surface area contributed by atoms with Crippen molar-refractivity contribution in [3.8, 4) is 5.75 Å². The lowest BCUT2D eigenvalue weighted by Crippen LogP contribution is -2.28. The smallest absolute Gasteiger partial charge is 0.119 e. The van der Waals surface area contributed by atoms with Gasteiger partial charge < -0.3 is 10.1 Å². The molecule has 0 saturated heterocycles. The molecule has 0 saturated carbocycles. The maximum absolute atomic E-state index is 5.96. The van der Waals surface area contributed by atoms with Gasteiger partial charge in [-0.3, -0.25) is 0 Å². The fraction of sp³-hybridized carbons (Fsp3) is 0.400. The molecule has 0 amide bonds. The van der Waals surface area contributed by atoms with Crippen LogP contribution in [0.25, 0.3) is 0 Å². The molecule has 1 N–H and O–H groups in total. The molecule has 22 heavy (non-hydrogen) atoms. The second-order valence-corrected chi connectivity index (χ2v) is 6.82. The number of benzene rings is 2. The molecule has 0 aliphatic heterocycles. The third-order valence-electron chi connectivity index (χ3n) is 3.66. The summed E-state index contributed by atoms with van der Waals surface area (Å²) in [7, 11) is 0. The minimum absolute atomic E-state index is 0.143. The summed E-state index contributed by atoms with van der Waals surface area (Å²) in [4.78, 5) is 0. The molecule has 0 aliphatic rings. The molecule has 0 aromatic heterocycles. The van der Waals surface area contributed by atoms with Gasteiger partial charge in [-0.15, -0.1) is 0 Å². The highest BCUT2D eigenvalue weighted by atomic mass is 16.5. The van der Waals surface area contributed by atoms with E-state index in [9.17, 15) is 0 Å². The summed E-state index contributed by atoms with van der Waals surface area (Å²) >= 11 is 0.